The molecule has 1 aromatic carbocycles. The van der Waals surface area contributed by atoms with Gasteiger partial charge in [0.1, 0.15) is 51.5 Å². The van der Waals surface area contributed by atoms with E-state index in [-0.39, 0.29) is 18.9 Å². The van der Waals surface area contributed by atoms with Crippen LogP contribution in [0.4, 0.5) is 4.79 Å². The number of alkyl carbamates (subject to hydrolysis) is 1. The molecule has 61 heavy (non-hydrogen) atoms. The number of sulfonamides is 1. The lowest BCUT2D eigenvalue weighted by molar-refractivity contribution is -0.142. The molecule has 4 aliphatic rings. The SMILES string of the molecule is COc1ccc2c(O[C@H]3CN4C(=O)[C@@H](NC(=O)OC(C)(C)C)CCCCC/C=C\[C@@H]5C[C@@]5(C(=O)NS(=O)(=O)C5CC5)NC(=O)[C@@H]4[C@@H]3C)cc(-c3nc(C(C)C)cs3)nc2c1C. The van der Waals surface area contributed by atoms with Crippen molar-refractivity contribution in [3.05, 3.63) is 47.0 Å². The van der Waals surface area contributed by atoms with Gasteiger partial charge in [-0.25, -0.2) is 23.2 Å². The zero-order chi connectivity index (χ0) is 44.0. The molecule has 0 unspecified atom stereocenters. The summed E-state index contributed by atoms with van der Waals surface area (Å²) in [5, 5.41) is 8.50. The summed E-state index contributed by atoms with van der Waals surface area (Å²) in [5.41, 5.74) is 0.608. The molecule has 17 heteroatoms. The highest BCUT2D eigenvalue weighted by Gasteiger charge is 2.62. The Balaban J connectivity index is 1.27. The van der Waals surface area contributed by atoms with Gasteiger partial charge in [0.25, 0.3) is 5.91 Å². The summed E-state index contributed by atoms with van der Waals surface area (Å²) in [6.07, 6.45) is 6.57. The van der Waals surface area contributed by atoms with Crippen LogP contribution in [0, 0.1) is 18.8 Å². The Morgan fingerprint density at radius 1 is 1.07 bits per heavy atom. The van der Waals surface area contributed by atoms with E-state index in [4.69, 9.17) is 24.2 Å². The van der Waals surface area contributed by atoms with Crippen LogP contribution in [0.5, 0.6) is 11.5 Å². The number of hydrogen-bond acceptors (Lipinski definition) is 12. The van der Waals surface area contributed by atoms with Crippen LogP contribution in [0.3, 0.4) is 0 Å². The van der Waals surface area contributed by atoms with Crippen molar-refractivity contribution in [1.82, 2.24) is 30.2 Å². The molecule has 2 saturated carbocycles. The topological polar surface area (TPSA) is 195 Å². The lowest BCUT2D eigenvalue weighted by Gasteiger charge is -2.31. The van der Waals surface area contributed by atoms with Gasteiger partial charge in [-0.1, -0.05) is 45.8 Å². The van der Waals surface area contributed by atoms with Crippen molar-refractivity contribution in [2.45, 2.75) is 140 Å². The first-order valence-corrected chi connectivity index (χ1v) is 23.7. The Morgan fingerprint density at radius 2 is 1.82 bits per heavy atom. The fraction of sp³-hybridized carbons (Fsp3) is 0.591. The van der Waals surface area contributed by atoms with Crippen LogP contribution < -0.4 is 24.8 Å². The highest BCUT2D eigenvalue weighted by Crippen LogP contribution is 2.47. The van der Waals surface area contributed by atoms with E-state index in [2.05, 4.69) is 29.2 Å². The van der Waals surface area contributed by atoms with Gasteiger partial charge in [-0.3, -0.25) is 19.1 Å². The fourth-order valence-corrected chi connectivity index (χ4v) is 10.6. The van der Waals surface area contributed by atoms with E-state index in [1.165, 1.54) is 16.2 Å². The van der Waals surface area contributed by atoms with Gasteiger partial charge in [0.2, 0.25) is 21.8 Å². The molecule has 15 nitrogen and oxygen atoms in total. The smallest absolute Gasteiger partial charge is 0.408 e. The van der Waals surface area contributed by atoms with Gasteiger partial charge in [0.15, 0.2) is 0 Å². The Morgan fingerprint density at radius 3 is 2.49 bits per heavy atom. The van der Waals surface area contributed by atoms with E-state index in [0.717, 1.165) is 24.1 Å². The van der Waals surface area contributed by atoms with Crippen molar-refractivity contribution >= 4 is 56.1 Å². The number of allylic oxidation sites excluding steroid dienone is 1. The molecule has 1 saturated heterocycles. The molecule has 2 aromatic heterocycles. The van der Waals surface area contributed by atoms with Crippen LogP contribution >= 0.6 is 11.3 Å². The molecular formula is C44H58N6O9S2. The molecule has 3 aromatic rings. The third kappa shape index (κ3) is 9.52. The summed E-state index contributed by atoms with van der Waals surface area (Å²) in [7, 11) is -2.33. The van der Waals surface area contributed by atoms with Crippen LogP contribution in [0.1, 0.15) is 110 Å². The normalized spacial score (nSPS) is 26.6. The summed E-state index contributed by atoms with van der Waals surface area (Å²) >= 11 is 1.48. The van der Waals surface area contributed by atoms with Crippen molar-refractivity contribution in [3.63, 3.8) is 0 Å². The number of fused-ring (bicyclic) bond motifs is 3. The molecular weight excluding hydrogens is 821 g/mol. The summed E-state index contributed by atoms with van der Waals surface area (Å²) < 4.78 is 46.4. The molecule has 0 bridgehead atoms. The Labute approximate surface area is 361 Å². The number of carbonyl (C=O) groups is 4. The fourth-order valence-electron chi connectivity index (χ4n) is 8.27. The molecule has 3 N–H and O–H groups in total. The minimum Gasteiger partial charge on any atom is -0.496 e. The number of rotatable bonds is 9. The molecule has 330 valence electrons. The number of aromatic nitrogens is 2. The predicted molar refractivity (Wildman–Crippen MR) is 232 cm³/mol. The summed E-state index contributed by atoms with van der Waals surface area (Å²) in [4.78, 5) is 68.2. The summed E-state index contributed by atoms with van der Waals surface area (Å²) in [6, 6.07) is 3.34. The Bertz CT molecular complexity index is 2340. The molecule has 2 aliphatic heterocycles. The van der Waals surface area contributed by atoms with Gasteiger partial charge in [-0.2, -0.15) is 0 Å². The van der Waals surface area contributed by atoms with Crippen molar-refractivity contribution in [3.8, 4) is 22.2 Å². The number of ether oxygens (including phenoxy) is 3. The number of benzene rings is 1. The van der Waals surface area contributed by atoms with Crippen molar-refractivity contribution < 1.29 is 41.8 Å². The molecule has 6 atom stereocenters. The summed E-state index contributed by atoms with van der Waals surface area (Å²) in [6.45, 7) is 13.1. The monoisotopic (exact) mass is 878 g/mol. The number of thiazole rings is 1. The maximum absolute atomic E-state index is 14.9. The molecule has 2 aliphatic carbocycles. The van der Waals surface area contributed by atoms with Gasteiger partial charge >= 0.3 is 6.09 Å². The first-order chi connectivity index (χ1) is 28.8. The second-order valence-corrected chi connectivity index (χ2v) is 21.0. The van der Waals surface area contributed by atoms with Gasteiger partial charge in [0.05, 0.1) is 30.1 Å². The number of methoxy groups -OCH3 is 1. The van der Waals surface area contributed by atoms with E-state index >= 15 is 0 Å². The molecule has 0 spiro atoms. The lowest BCUT2D eigenvalue weighted by Crippen LogP contribution is -2.59. The van der Waals surface area contributed by atoms with E-state index in [9.17, 15) is 27.6 Å². The van der Waals surface area contributed by atoms with Gasteiger partial charge in [-0.15, -0.1) is 11.3 Å². The van der Waals surface area contributed by atoms with Crippen LogP contribution in [0.2, 0.25) is 0 Å². The second-order valence-electron chi connectivity index (χ2n) is 18.2. The zero-order valence-electron chi connectivity index (χ0n) is 36.2. The number of carbonyl (C=O) groups excluding carboxylic acids is 4. The third-order valence-corrected chi connectivity index (χ3v) is 14.7. The number of hydrogen-bond donors (Lipinski definition) is 3. The maximum atomic E-state index is 14.9. The lowest BCUT2D eigenvalue weighted by atomic mass is 9.98. The number of pyridine rings is 1. The van der Waals surface area contributed by atoms with Crippen molar-refractivity contribution in [2.24, 2.45) is 11.8 Å². The molecule has 0 radical (unpaired) electrons. The Hall–Kier alpha value is -4.77. The predicted octanol–water partition coefficient (Wildman–Crippen LogP) is 6.29. The average Bonchev–Trinajstić information content (AvgIpc) is 4.08. The maximum Gasteiger partial charge on any atom is 0.408 e. The number of nitrogens with one attached hydrogen (secondary N) is 3. The highest BCUT2D eigenvalue weighted by atomic mass is 32.2. The second kappa shape index (κ2) is 17.2. The zero-order valence-corrected chi connectivity index (χ0v) is 37.8. The first kappa shape index (κ1) is 44.3. The Kier molecular flexibility index (Phi) is 12.5. The standard InChI is InChI=1S/C44H58N6O9S2/c1-24(2)32-23-60-39(46-32)31-20-34(29-18-19-33(57-8)25(3)36(29)45-31)58-35-22-50-37(26(35)4)38(51)48-44(41(53)49-61(55,56)28-16-17-28)21-27(44)14-12-10-9-11-13-15-30(40(50)52)47-42(54)59-43(5,6)7/h12,14,18-20,23-24,26-28,30,35,37H,9-11,13,15-17,21-22H2,1-8H3,(H,47,54)(H,48,51)(H,49,53)/b14-12-/t26-,27-,30+,35+,37+,44-/m1/s1. The number of amides is 4. The van der Waals surface area contributed by atoms with E-state index < -0.39 is 80.3 Å². The van der Waals surface area contributed by atoms with E-state index in [1.54, 1.807) is 27.9 Å². The van der Waals surface area contributed by atoms with Gasteiger partial charge in [0, 0.05) is 34.2 Å². The number of nitrogens with zero attached hydrogens (tertiary/aromatic N) is 3. The molecule has 4 amide bonds. The van der Waals surface area contributed by atoms with Crippen molar-refractivity contribution in [1.29, 1.82) is 0 Å². The van der Waals surface area contributed by atoms with Gasteiger partial charge < -0.3 is 29.7 Å². The quantitative estimate of drug-likeness (QED) is 0.205. The highest BCUT2D eigenvalue weighted by molar-refractivity contribution is 7.91. The number of aryl methyl sites for hydroxylation is 1. The first-order valence-electron chi connectivity index (χ1n) is 21.3. The minimum atomic E-state index is -3.92. The van der Waals surface area contributed by atoms with Crippen LogP contribution in [-0.4, -0.2) is 95.3 Å². The van der Waals surface area contributed by atoms with E-state index in [1.807, 2.05) is 49.6 Å². The molecule has 4 heterocycles. The molecule has 3 fully saturated rings. The van der Waals surface area contributed by atoms with Crippen LogP contribution in [0.25, 0.3) is 21.6 Å². The molecule has 7 rings (SSSR count). The van der Waals surface area contributed by atoms with Crippen molar-refractivity contribution in [2.75, 3.05) is 13.7 Å². The van der Waals surface area contributed by atoms with E-state index in [0.29, 0.717) is 65.2 Å². The minimum absolute atomic E-state index is 0.0355. The average molecular weight is 879 g/mol. The van der Waals surface area contributed by atoms with Crippen LogP contribution in [0.15, 0.2) is 35.7 Å². The van der Waals surface area contributed by atoms with Gasteiger partial charge in [-0.05, 0) is 84.3 Å². The van der Waals surface area contributed by atoms with Crippen LogP contribution in [-0.2, 0) is 29.1 Å². The summed E-state index contributed by atoms with van der Waals surface area (Å²) in [5.74, 6) is -1.69. The third-order valence-electron chi connectivity index (χ3n) is 12.0. The largest absolute Gasteiger partial charge is 0.496 e.